The van der Waals surface area contributed by atoms with E-state index in [9.17, 15) is 4.79 Å². The standard InChI is InChI=1S/C14H21N3O/c1-2-11(7-9-3-4-9)17-14(18)12-6-5-10(15)8-13(12)16/h5-6,8-9,11H,2-4,7,15-16H2,1H3,(H,17,18). The normalized spacial score (nSPS) is 16.3. The molecule has 1 fully saturated rings. The van der Waals surface area contributed by atoms with Crippen molar-refractivity contribution in [1.82, 2.24) is 5.32 Å². The molecule has 1 aliphatic rings. The predicted octanol–water partition coefficient (Wildman–Crippen LogP) is 2.16. The Hall–Kier alpha value is -1.71. The fraction of sp³-hybridized carbons (Fsp3) is 0.500. The fourth-order valence-corrected chi connectivity index (χ4v) is 2.13. The molecule has 0 spiro atoms. The van der Waals surface area contributed by atoms with Gasteiger partial charge in [-0.25, -0.2) is 0 Å². The van der Waals surface area contributed by atoms with Gasteiger partial charge in [-0.15, -0.1) is 0 Å². The van der Waals surface area contributed by atoms with E-state index in [1.165, 1.54) is 12.8 Å². The van der Waals surface area contributed by atoms with Crippen LogP contribution in [0.2, 0.25) is 0 Å². The SMILES string of the molecule is CCC(CC1CC1)NC(=O)c1ccc(N)cc1N. The molecule has 1 aromatic carbocycles. The molecule has 1 aromatic rings. The molecule has 1 saturated carbocycles. The molecule has 0 aromatic heterocycles. The van der Waals surface area contributed by atoms with Gasteiger partial charge < -0.3 is 16.8 Å². The number of hydrogen-bond acceptors (Lipinski definition) is 3. The molecule has 4 nitrogen and oxygen atoms in total. The Balaban J connectivity index is 2.00. The van der Waals surface area contributed by atoms with Crippen LogP contribution >= 0.6 is 0 Å². The molecule has 1 atom stereocenters. The summed E-state index contributed by atoms with van der Waals surface area (Å²) in [6, 6.07) is 5.26. The first-order chi connectivity index (χ1) is 8.60. The second-order valence-electron chi connectivity index (χ2n) is 5.10. The van der Waals surface area contributed by atoms with Crippen molar-refractivity contribution in [3.63, 3.8) is 0 Å². The van der Waals surface area contributed by atoms with E-state index >= 15 is 0 Å². The second kappa shape index (κ2) is 5.29. The minimum absolute atomic E-state index is 0.0972. The smallest absolute Gasteiger partial charge is 0.253 e. The third kappa shape index (κ3) is 3.15. The van der Waals surface area contributed by atoms with Crippen LogP contribution < -0.4 is 16.8 Å². The Kier molecular flexibility index (Phi) is 3.75. The number of nitrogens with two attached hydrogens (primary N) is 2. The van der Waals surface area contributed by atoms with E-state index in [4.69, 9.17) is 11.5 Å². The van der Waals surface area contributed by atoms with E-state index in [-0.39, 0.29) is 11.9 Å². The number of benzene rings is 1. The first-order valence-electron chi connectivity index (χ1n) is 6.56. The number of nitrogens with one attached hydrogen (secondary N) is 1. The van der Waals surface area contributed by atoms with E-state index in [0.29, 0.717) is 16.9 Å². The topological polar surface area (TPSA) is 81.1 Å². The number of carbonyl (C=O) groups excluding carboxylic acids is 1. The van der Waals surface area contributed by atoms with Crippen molar-refractivity contribution in [2.45, 2.75) is 38.6 Å². The third-order valence-electron chi connectivity index (χ3n) is 3.46. The maximum atomic E-state index is 12.1. The predicted molar refractivity (Wildman–Crippen MR) is 74.2 cm³/mol. The average Bonchev–Trinajstić information content (AvgIpc) is 3.11. The lowest BCUT2D eigenvalue weighted by molar-refractivity contribution is 0.0933. The number of carbonyl (C=O) groups is 1. The number of anilines is 2. The lowest BCUT2D eigenvalue weighted by Gasteiger charge is -2.17. The van der Waals surface area contributed by atoms with Crippen LogP contribution in [0, 0.1) is 5.92 Å². The van der Waals surface area contributed by atoms with Crippen LogP contribution in [-0.4, -0.2) is 11.9 Å². The molecule has 0 bridgehead atoms. The van der Waals surface area contributed by atoms with Gasteiger partial charge in [0.1, 0.15) is 0 Å². The van der Waals surface area contributed by atoms with Gasteiger partial charge in [0.2, 0.25) is 0 Å². The molecular formula is C14H21N3O. The molecule has 98 valence electrons. The number of amides is 1. The molecule has 0 saturated heterocycles. The van der Waals surface area contributed by atoms with Crippen molar-refractivity contribution in [1.29, 1.82) is 0 Å². The highest BCUT2D eigenvalue weighted by Crippen LogP contribution is 2.34. The lowest BCUT2D eigenvalue weighted by atomic mass is 10.1. The molecule has 1 aliphatic carbocycles. The molecular weight excluding hydrogens is 226 g/mol. The van der Waals surface area contributed by atoms with Crippen LogP contribution in [0.3, 0.4) is 0 Å². The summed E-state index contributed by atoms with van der Waals surface area (Å²) >= 11 is 0. The van der Waals surface area contributed by atoms with Gasteiger partial charge >= 0.3 is 0 Å². The van der Waals surface area contributed by atoms with Crippen LogP contribution in [0.5, 0.6) is 0 Å². The summed E-state index contributed by atoms with van der Waals surface area (Å²) in [5.74, 6) is 0.707. The maximum absolute atomic E-state index is 12.1. The Morgan fingerprint density at radius 1 is 1.44 bits per heavy atom. The Morgan fingerprint density at radius 3 is 2.72 bits per heavy atom. The number of rotatable bonds is 5. The summed E-state index contributed by atoms with van der Waals surface area (Å²) in [6.07, 6.45) is 4.64. The molecule has 0 radical (unpaired) electrons. The van der Waals surface area contributed by atoms with Gasteiger partial charge in [0.05, 0.1) is 5.56 Å². The molecule has 0 heterocycles. The zero-order chi connectivity index (χ0) is 13.1. The fourth-order valence-electron chi connectivity index (χ4n) is 2.13. The monoisotopic (exact) mass is 247 g/mol. The molecule has 1 unspecified atom stereocenters. The maximum Gasteiger partial charge on any atom is 0.253 e. The van der Waals surface area contributed by atoms with Crippen LogP contribution in [0.25, 0.3) is 0 Å². The van der Waals surface area contributed by atoms with Gasteiger partial charge in [-0.05, 0) is 37.0 Å². The summed E-state index contributed by atoms with van der Waals surface area (Å²) in [6.45, 7) is 2.10. The zero-order valence-corrected chi connectivity index (χ0v) is 10.8. The molecule has 0 aliphatic heterocycles. The van der Waals surface area contributed by atoms with Gasteiger partial charge in [0.25, 0.3) is 5.91 Å². The van der Waals surface area contributed by atoms with E-state index in [2.05, 4.69) is 12.2 Å². The summed E-state index contributed by atoms with van der Waals surface area (Å²) in [5, 5.41) is 3.05. The van der Waals surface area contributed by atoms with E-state index in [0.717, 1.165) is 18.8 Å². The summed E-state index contributed by atoms with van der Waals surface area (Å²) in [5.41, 5.74) is 13.0. The third-order valence-corrected chi connectivity index (χ3v) is 3.46. The van der Waals surface area contributed by atoms with E-state index in [1.807, 2.05) is 0 Å². The highest BCUT2D eigenvalue weighted by atomic mass is 16.1. The van der Waals surface area contributed by atoms with Crippen molar-refractivity contribution >= 4 is 17.3 Å². The van der Waals surface area contributed by atoms with Gasteiger partial charge in [-0.2, -0.15) is 0 Å². The van der Waals surface area contributed by atoms with Crippen LogP contribution in [-0.2, 0) is 0 Å². The van der Waals surface area contributed by atoms with Gasteiger partial charge in [-0.1, -0.05) is 19.8 Å². The number of hydrogen-bond donors (Lipinski definition) is 3. The van der Waals surface area contributed by atoms with E-state index in [1.54, 1.807) is 18.2 Å². The lowest BCUT2D eigenvalue weighted by Crippen LogP contribution is -2.35. The highest BCUT2D eigenvalue weighted by Gasteiger charge is 2.25. The first kappa shape index (κ1) is 12.7. The average molecular weight is 247 g/mol. The molecule has 18 heavy (non-hydrogen) atoms. The largest absolute Gasteiger partial charge is 0.399 e. The number of nitrogen functional groups attached to an aromatic ring is 2. The van der Waals surface area contributed by atoms with Crippen LogP contribution in [0.1, 0.15) is 43.0 Å². The van der Waals surface area contributed by atoms with Crippen LogP contribution in [0.4, 0.5) is 11.4 Å². The second-order valence-corrected chi connectivity index (χ2v) is 5.10. The van der Waals surface area contributed by atoms with Crippen molar-refractivity contribution in [2.24, 2.45) is 5.92 Å². The minimum Gasteiger partial charge on any atom is -0.399 e. The summed E-state index contributed by atoms with van der Waals surface area (Å²) in [4.78, 5) is 12.1. The molecule has 2 rings (SSSR count). The first-order valence-corrected chi connectivity index (χ1v) is 6.56. The molecule has 5 N–H and O–H groups in total. The van der Waals surface area contributed by atoms with Gasteiger partial charge in [-0.3, -0.25) is 4.79 Å². The van der Waals surface area contributed by atoms with Gasteiger partial charge in [0, 0.05) is 17.4 Å². The van der Waals surface area contributed by atoms with Crippen molar-refractivity contribution < 1.29 is 4.79 Å². The summed E-state index contributed by atoms with van der Waals surface area (Å²) in [7, 11) is 0. The van der Waals surface area contributed by atoms with E-state index < -0.39 is 0 Å². The minimum atomic E-state index is -0.0972. The van der Waals surface area contributed by atoms with Crippen LogP contribution in [0.15, 0.2) is 18.2 Å². The van der Waals surface area contributed by atoms with Gasteiger partial charge in [0.15, 0.2) is 0 Å². The van der Waals surface area contributed by atoms with Crippen molar-refractivity contribution in [3.05, 3.63) is 23.8 Å². The molecule has 1 amide bonds. The van der Waals surface area contributed by atoms with Crippen molar-refractivity contribution in [2.75, 3.05) is 11.5 Å². The Labute approximate surface area is 108 Å². The Bertz CT molecular complexity index is 441. The Morgan fingerprint density at radius 2 is 2.17 bits per heavy atom. The summed E-state index contributed by atoms with van der Waals surface area (Å²) < 4.78 is 0. The quantitative estimate of drug-likeness (QED) is 0.697. The zero-order valence-electron chi connectivity index (χ0n) is 10.8. The van der Waals surface area contributed by atoms with Crippen molar-refractivity contribution in [3.8, 4) is 0 Å². The highest BCUT2D eigenvalue weighted by molar-refractivity contribution is 5.99. The molecule has 4 heteroatoms.